The van der Waals surface area contributed by atoms with Crippen LogP contribution in [0.2, 0.25) is 0 Å². The lowest BCUT2D eigenvalue weighted by Gasteiger charge is -2.21. The van der Waals surface area contributed by atoms with Crippen LogP contribution in [-0.2, 0) is 28.8 Å². The molecule has 0 aliphatic carbocycles. The van der Waals surface area contributed by atoms with Crippen LogP contribution in [0.3, 0.4) is 0 Å². The third kappa shape index (κ3) is 9.01. The van der Waals surface area contributed by atoms with E-state index in [-0.39, 0.29) is 24.8 Å². The summed E-state index contributed by atoms with van der Waals surface area (Å²) in [6, 6.07) is -3.28. The number of primary amides is 2. The number of amides is 5. The monoisotopic (exact) mass is 414 g/mol. The van der Waals surface area contributed by atoms with Crippen molar-refractivity contribution in [2.75, 3.05) is 13.1 Å². The summed E-state index contributed by atoms with van der Waals surface area (Å²) in [6.45, 7) is 0.288. The molecule has 5 amide bonds. The third-order valence-electron chi connectivity index (χ3n) is 4.15. The Hall–Kier alpha value is -3.22. The Bertz CT molecular complexity index is 662. The molecule has 1 rings (SSSR count). The van der Waals surface area contributed by atoms with Crippen molar-refractivity contribution in [2.45, 2.75) is 50.2 Å². The van der Waals surface area contributed by atoms with Crippen LogP contribution in [0.15, 0.2) is 0 Å². The van der Waals surface area contributed by atoms with Gasteiger partial charge in [-0.05, 0) is 25.8 Å². The highest BCUT2D eigenvalue weighted by atomic mass is 16.4. The number of aliphatic carboxylic acids is 1. The van der Waals surface area contributed by atoms with E-state index in [9.17, 15) is 28.8 Å². The summed E-state index contributed by atoms with van der Waals surface area (Å²) >= 11 is 0. The van der Waals surface area contributed by atoms with E-state index in [1.54, 1.807) is 0 Å². The Morgan fingerprint density at radius 3 is 2.24 bits per heavy atom. The minimum absolute atomic E-state index is 0.200. The van der Waals surface area contributed by atoms with E-state index in [2.05, 4.69) is 21.3 Å². The van der Waals surface area contributed by atoms with Gasteiger partial charge in [0.25, 0.3) is 0 Å². The van der Waals surface area contributed by atoms with Gasteiger partial charge in [0, 0.05) is 6.42 Å². The molecule has 1 aliphatic rings. The molecule has 0 aromatic rings. The number of hydrogen-bond donors (Lipinski definition) is 7. The molecule has 13 nitrogen and oxygen atoms in total. The largest absolute Gasteiger partial charge is 0.480 e. The minimum Gasteiger partial charge on any atom is -0.480 e. The summed E-state index contributed by atoms with van der Waals surface area (Å²) in [7, 11) is 0. The fourth-order valence-electron chi connectivity index (χ4n) is 2.67. The second kappa shape index (κ2) is 11.6. The molecule has 9 N–H and O–H groups in total. The molecular formula is C16H26N6O7. The average molecular weight is 414 g/mol. The first-order valence-electron chi connectivity index (χ1n) is 9.00. The van der Waals surface area contributed by atoms with E-state index >= 15 is 0 Å². The zero-order valence-electron chi connectivity index (χ0n) is 15.7. The quantitative estimate of drug-likeness (QED) is 0.166. The summed E-state index contributed by atoms with van der Waals surface area (Å²) in [6.07, 6.45) is 0.378. The van der Waals surface area contributed by atoms with E-state index in [0.29, 0.717) is 13.0 Å². The van der Waals surface area contributed by atoms with E-state index in [1.165, 1.54) is 0 Å². The predicted octanol–water partition coefficient (Wildman–Crippen LogP) is -3.95. The summed E-state index contributed by atoms with van der Waals surface area (Å²) in [5.74, 6) is -5.18. The molecule has 1 saturated heterocycles. The fraction of sp³-hybridized carbons (Fsp3) is 0.625. The molecule has 0 bridgehead atoms. The Morgan fingerprint density at radius 2 is 1.72 bits per heavy atom. The first kappa shape index (κ1) is 23.8. The Labute approximate surface area is 166 Å². The van der Waals surface area contributed by atoms with Crippen LogP contribution in [0.1, 0.15) is 32.1 Å². The van der Waals surface area contributed by atoms with E-state index in [0.717, 1.165) is 6.42 Å². The molecule has 29 heavy (non-hydrogen) atoms. The fourth-order valence-corrected chi connectivity index (χ4v) is 2.67. The number of rotatable bonds is 12. The number of carboxylic acid groups (broad SMARTS) is 1. The van der Waals surface area contributed by atoms with Crippen molar-refractivity contribution in [2.24, 2.45) is 11.5 Å². The molecule has 13 heteroatoms. The average Bonchev–Trinajstić information content (AvgIpc) is 3.16. The SMILES string of the molecule is NC(=O)CCC(NC(=O)CNC(=O)C1CCCN1)C(=O)NC(CC(N)=O)C(=O)O. The molecule has 1 heterocycles. The van der Waals surface area contributed by atoms with Gasteiger partial charge in [0.1, 0.15) is 12.1 Å². The first-order valence-corrected chi connectivity index (χ1v) is 9.00. The summed E-state index contributed by atoms with van der Waals surface area (Å²) in [5, 5.41) is 18.9. The highest BCUT2D eigenvalue weighted by Crippen LogP contribution is 2.04. The van der Waals surface area contributed by atoms with Gasteiger partial charge >= 0.3 is 5.97 Å². The normalized spacial score (nSPS) is 17.6. The summed E-state index contributed by atoms with van der Waals surface area (Å²) in [5.41, 5.74) is 10.0. The van der Waals surface area contributed by atoms with Gasteiger partial charge in [-0.25, -0.2) is 4.79 Å². The van der Waals surface area contributed by atoms with Crippen molar-refractivity contribution in [3.05, 3.63) is 0 Å². The van der Waals surface area contributed by atoms with Gasteiger partial charge in [-0.3, -0.25) is 24.0 Å². The van der Waals surface area contributed by atoms with Crippen molar-refractivity contribution in [3.8, 4) is 0 Å². The van der Waals surface area contributed by atoms with Gasteiger partial charge in [-0.1, -0.05) is 0 Å². The lowest BCUT2D eigenvalue weighted by Crippen LogP contribution is -2.54. The molecule has 0 aromatic carbocycles. The van der Waals surface area contributed by atoms with Crippen LogP contribution in [0, 0.1) is 0 Å². The predicted molar refractivity (Wildman–Crippen MR) is 97.8 cm³/mol. The zero-order valence-corrected chi connectivity index (χ0v) is 15.7. The Balaban J connectivity index is 2.66. The maximum atomic E-state index is 12.3. The summed E-state index contributed by atoms with van der Waals surface area (Å²) in [4.78, 5) is 69.4. The van der Waals surface area contributed by atoms with Gasteiger partial charge in [-0.2, -0.15) is 0 Å². The molecule has 3 atom stereocenters. The van der Waals surface area contributed by atoms with Gasteiger partial charge in [0.05, 0.1) is 19.0 Å². The zero-order chi connectivity index (χ0) is 22.0. The maximum absolute atomic E-state index is 12.3. The van der Waals surface area contributed by atoms with Crippen molar-refractivity contribution in [3.63, 3.8) is 0 Å². The Morgan fingerprint density at radius 1 is 1.03 bits per heavy atom. The molecule has 0 spiro atoms. The maximum Gasteiger partial charge on any atom is 0.326 e. The third-order valence-corrected chi connectivity index (χ3v) is 4.15. The number of carboxylic acids is 1. The van der Waals surface area contributed by atoms with Crippen molar-refractivity contribution < 1.29 is 33.9 Å². The second-order valence-corrected chi connectivity index (χ2v) is 6.56. The molecule has 0 aromatic heterocycles. The van der Waals surface area contributed by atoms with E-state index in [4.69, 9.17) is 16.6 Å². The van der Waals surface area contributed by atoms with Gasteiger partial charge in [-0.15, -0.1) is 0 Å². The summed E-state index contributed by atoms with van der Waals surface area (Å²) < 4.78 is 0. The smallest absolute Gasteiger partial charge is 0.326 e. The topological polar surface area (TPSA) is 223 Å². The molecule has 1 fully saturated rings. The molecule has 0 saturated carbocycles. The van der Waals surface area contributed by atoms with Gasteiger partial charge < -0.3 is 37.8 Å². The molecule has 162 valence electrons. The highest BCUT2D eigenvalue weighted by molar-refractivity contribution is 5.94. The highest BCUT2D eigenvalue weighted by Gasteiger charge is 2.28. The van der Waals surface area contributed by atoms with Crippen molar-refractivity contribution >= 4 is 35.5 Å². The minimum atomic E-state index is -1.60. The number of hydrogen-bond acceptors (Lipinski definition) is 7. The van der Waals surface area contributed by atoms with Crippen LogP contribution >= 0.6 is 0 Å². The van der Waals surface area contributed by atoms with Crippen LogP contribution in [0.4, 0.5) is 0 Å². The van der Waals surface area contributed by atoms with Crippen LogP contribution in [0.5, 0.6) is 0 Å². The second-order valence-electron chi connectivity index (χ2n) is 6.56. The number of nitrogens with two attached hydrogens (primary N) is 2. The van der Waals surface area contributed by atoms with Crippen LogP contribution in [0.25, 0.3) is 0 Å². The number of carbonyl (C=O) groups is 6. The van der Waals surface area contributed by atoms with E-state index < -0.39 is 54.6 Å². The van der Waals surface area contributed by atoms with E-state index in [1.807, 2.05) is 0 Å². The standard InChI is InChI=1S/C16H26N6O7/c17-11(23)4-3-9(15(27)22-10(16(28)29)6-12(18)24)21-13(25)7-20-14(26)8-2-1-5-19-8/h8-10,19H,1-7H2,(H2,17,23)(H2,18,24)(H,20,26)(H,21,25)(H,22,27)(H,28,29). The van der Waals surface area contributed by atoms with Gasteiger partial charge in [0.2, 0.25) is 29.5 Å². The van der Waals surface area contributed by atoms with Crippen molar-refractivity contribution in [1.29, 1.82) is 0 Å². The van der Waals surface area contributed by atoms with Gasteiger partial charge in [0.15, 0.2) is 0 Å². The molecule has 1 aliphatic heterocycles. The van der Waals surface area contributed by atoms with Crippen LogP contribution < -0.4 is 32.7 Å². The number of nitrogens with one attached hydrogen (secondary N) is 4. The first-order chi connectivity index (χ1) is 13.6. The molecule has 3 unspecified atom stereocenters. The number of carbonyl (C=O) groups excluding carboxylic acids is 5. The van der Waals surface area contributed by atoms with Crippen LogP contribution in [-0.4, -0.2) is 71.8 Å². The lowest BCUT2D eigenvalue weighted by molar-refractivity contribution is -0.143. The molecule has 0 radical (unpaired) electrons. The van der Waals surface area contributed by atoms with Crippen molar-refractivity contribution in [1.82, 2.24) is 21.3 Å². The molecular weight excluding hydrogens is 388 g/mol. The Kier molecular flexibility index (Phi) is 9.51. The lowest BCUT2D eigenvalue weighted by atomic mass is 10.1.